The molecular formula is C19H14N4O8S. The van der Waals surface area contributed by atoms with Gasteiger partial charge in [-0.05, 0) is 11.4 Å². The van der Waals surface area contributed by atoms with Crippen LogP contribution in [-0.2, 0) is 9.47 Å². The number of thiophene rings is 1. The van der Waals surface area contributed by atoms with Gasteiger partial charge in [0.1, 0.15) is 0 Å². The standard InChI is InChI=1S/C19H14N4O8S/c24-17(12-2-1-3-32-12)15-13-11-7-30-19(31-11)16(14(13)15)20-21-18(25)8-4-9(22(26)27)6-10(5-8)23(28)29/h1-6,11,13-15,19H,7H2,(H,21,25)/b20-16+/t11-,13-,14-,15-,19+/m0/s1. The topological polar surface area (TPSA) is 163 Å². The molecule has 164 valence electrons. The second kappa shape index (κ2) is 7.55. The number of nitro benzene ring substituents is 2. The van der Waals surface area contributed by atoms with E-state index >= 15 is 0 Å². The number of non-ortho nitro benzene ring substituents is 2. The molecule has 1 amide bonds. The van der Waals surface area contributed by atoms with Crippen LogP contribution in [-0.4, -0.2) is 46.2 Å². The Bertz CT molecular complexity index is 1150. The number of hydrogen-bond donors (Lipinski definition) is 1. The molecule has 0 spiro atoms. The molecular weight excluding hydrogens is 444 g/mol. The third kappa shape index (κ3) is 3.36. The number of nitrogens with zero attached hydrogens (tertiary/aromatic N) is 3. The minimum absolute atomic E-state index is 0.0144. The predicted molar refractivity (Wildman–Crippen MR) is 108 cm³/mol. The van der Waals surface area contributed by atoms with Crippen molar-refractivity contribution in [3.8, 4) is 0 Å². The van der Waals surface area contributed by atoms with E-state index in [0.29, 0.717) is 17.2 Å². The van der Waals surface area contributed by atoms with Crippen molar-refractivity contribution in [1.29, 1.82) is 0 Å². The first-order chi connectivity index (χ1) is 15.3. The van der Waals surface area contributed by atoms with Crippen molar-refractivity contribution < 1.29 is 28.9 Å². The second-order valence-corrected chi connectivity index (χ2v) is 8.49. The van der Waals surface area contributed by atoms with E-state index in [1.54, 1.807) is 12.1 Å². The summed E-state index contributed by atoms with van der Waals surface area (Å²) in [5, 5.41) is 28.0. The van der Waals surface area contributed by atoms with E-state index in [4.69, 9.17) is 9.47 Å². The SMILES string of the molecule is O=C(N/N=C1/[C@@H]2OC[C@H](O2)[C@@H]2[C@H](C(=O)c3cccs3)[C@@H]12)c1cc([N+](=O)[O-])cc([N+](=O)[O-])c1. The number of ether oxygens (including phenoxy) is 2. The van der Waals surface area contributed by atoms with Crippen LogP contribution >= 0.6 is 11.3 Å². The Labute approximate surface area is 183 Å². The highest BCUT2D eigenvalue weighted by Gasteiger charge is 2.67. The predicted octanol–water partition coefficient (Wildman–Crippen LogP) is 2.15. The monoisotopic (exact) mass is 458 g/mol. The number of carbonyl (C=O) groups is 2. The van der Waals surface area contributed by atoms with Gasteiger partial charge in [0, 0.05) is 29.9 Å². The number of hydrazone groups is 1. The lowest BCUT2D eigenvalue weighted by Crippen LogP contribution is -2.33. The number of carbonyl (C=O) groups excluding carboxylic acids is 2. The van der Waals surface area contributed by atoms with Gasteiger partial charge in [-0.15, -0.1) is 11.3 Å². The summed E-state index contributed by atoms with van der Waals surface area (Å²) in [5.41, 5.74) is 1.14. The van der Waals surface area contributed by atoms with Crippen molar-refractivity contribution in [2.75, 3.05) is 6.61 Å². The van der Waals surface area contributed by atoms with Gasteiger partial charge in [0.15, 0.2) is 12.1 Å². The molecule has 0 unspecified atom stereocenters. The van der Waals surface area contributed by atoms with Gasteiger partial charge in [0.05, 0.1) is 44.8 Å². The zero-order valence-corrected chi connectivity index (χ0v) is 16.9. The Morgan fingerprint density at radius 1 is 1.16 bits per heavy atom. The minimum atomic E-state index is -0.872. The first-order valence-electron chi connectivity index (χ1n) is 9.51. The van der Waals surface area contributed by atoms with E-state index in [2.05, 4.69) is 10.5 Å². The van der Waals surface area contributed by atoms with Gasteiger partial charge < -0.3 is 9.47 Å². The van der Waals surface area contributed by atoms with Gasteiger partial charge in [-0.25, -0.2) is 5.43 Å². The van der Waals surface area contributed by atoms with Crippen LogP contribution in [0.15, 0.2) is 40.8 Å². The summed E-state index contributed by atoms with van der Waals surface area (Å²) in [5.74, 6) is -1.59. The Balaban J connectivity index is 1.39. The number of hydrogen-bond acceptors (Lipinski definition) is 10. The van der Waals surface area contributed by atoms with Crippen LogP contribution in [0.5, 0.6) is 0 Å². The van der Waals surface area contributed by atoms with E-state index in [1.807, 2.05) is 5.38 Å². The summed E-state index contributed by atoms with van der Waals surface area (Å²) < 4.78 is 11.3. The fourth-order valence-electron chi connectivity index (χ4n) is 4.28. The van der Waals surface area contributed by atoms with E-state index in [0.717, 1.165) is 18.2 Å². The largest absolute Gasteiger partial charge is 0.344 e. The summed E-state index contributed by atoms with van der Waals surface area (Å²) >= 11 is 1.35. The molecule has 2 bridgehead atoms. The molecule has 1 aromatic heterocycles. The Hall–Kier alpha value is -3.55. The summed E-state index contributed by atoms with van der Waals surface area (Å²) in [6.07, 6.45) is -1.03. The quantitative estimate of drug-likeness (QED) is 0.391. The molecule has 13 heteroatoms. The lowest BCUT2D eigenvalue weighted by Gasteiger charge is -2.18. The molecule has 2 aliphatic heterocycles. The molecule has 1 aliphatic carbocycles. The maximum Gasteiger partial charge on any atom is 0.277 e. The smallest absolute Gasteiger partial charge is 0.277 e. The third-order valence-electron chi connectivity index (χ3n) is 5.74. The number of Topliss-reactive ketones (excluding diaryl/α,β-unsaturated/α-hetero) is 1. The Morgan fingerprint density at radius 2 is 1.88 bits per heavy atom. The van der Waals surface area contributed by atoms with Crippen LogP contribution in [0.4, 0.5) is 11.4 Å². The van der Waals surface area contributed by atoms with Gasteiger partial charge in [-0.2, -0.15) is 5.10 Å². The summed E-state index contributed by atoms with van der Waals surface area (Å²) in [4.78, 5) is 46.5. The fourth-order valence-corrected chi connectivity index (χ4v) is 4.99. The zero-order valence-electron chi connectivity index (χ0n) is 16.1. The number of benzene rings is 1. The molecule has 0 radical (unpaired) electrons. The van der Waals surface area contributed by atoms with E-state index in [1.165, 1.54) is 11.3 Å². The summed E-state index contributed by atoms with van der Waals surface area (Å²) in [6.45, 7) is 0.310. The highest BCUT2D eigenvalue weighted by Crippen LogP contribution is 2.57. The van der Waals surface area contributed by atoms with Gasteiger partial charge >= 0.3 is 0 Å². The number of ketones is 1. The van der Waals surface area contributed by atoms with Crippen molar-refractivity contribution in [1.82, 2.24) is 5.43 Å². The molecule has 2 saturated heterocycles. The van der Waals surface area contributed by atoms with Crippen molar-refractivity contribution in [3.63, 3.8) is 0 Å². The number of rotatable bonds is 6. The van der Waals surface area contributed by atoms with E-state index < -0.39 is 33.4 Å². The summed E-state index contributed by atoms with van der Waals surface area (Å²) in [7, 11) is 0. The highest BCUT2D eigenvalue weighted by atomic mass is 32.1. The normalized spacial score (nSPS) is 28.8. The van der Waals surface area contributed by atoms with Crippen LogP contribution in [0.2, 0.25) is 0 Å². The van der Waals surface area contributed by atoms with Crippen molar-refractivity contribution in [2.24, 2.45) is 22.9 Å². The van der Waals surface area contributed by atoms with Gasteiger partial charge in [-0.3, -0.25) is 29.8 Å². The maximum absolute atomic E-state index is 12.9. The van der Waals surface area contributed by atoms with Crippen LogP contribution in [0.25, 0.3) is 0 Å². The lowest BCUT2D eigenvalue weighted by molar-refractivity contribution is -0.394. The average Bonchev–Trinajstić information content (AvgIpc) is 3.12. The molecule has 3 fully saturated rings. The molecule has 5 rings (SSSR count). The van der Waals surface area contributed by atoms with Crippen LogP contribution in [0.1, 0.15) is 20.0 Å². The Kier molecular flexibility index (Phi) is 4.80. The first kappa shape index (κ1) is 20.4. The summed E-state index contributed by atoms with van der Waals surface area (Å²) in [6, 6.07) is 6.15. The van der Waals surface area contributed by atoms with Gasteiger partial charge in [-0.1, -0.05) is 6.07 Å². The molecule has 1 aromatic carbocycles. The van der Waals surface area contributed by atoms with Crippen molar-refractivity contribution >= 4 is 40.1 Å². The second-order valence-electron chi connectivity index (χ2n) is 7.54. The van der Waals surface area contributed by atoms with E-state index in [-0.39, 0.29) is 35.2 Å². The first-order valence-corrected chi connectivity index (χ1v) is 10.4. The number of nitro groups is 2. The van der Waals surface area contributed by atoms with Crippen LogP contribution in [0, 0.1) is 38.0 Å². The Morgan fingerprint density at radius 3 is 2.50 bits per heavy atom. The molecule has 1 N–H and O–H groups in total. The average molecular weight is 458 g/mol. The molecule has 3 heterocycles. The van der Waals surface area contributed by atoms with Crippen molar-refractivity contribution in [2.45, 2.75) is 12.4 Å². The van der Waals surface area contributed by atoms with E-state index in [9.17, 15) is 29.8 Å². The maximum atomic E-state index is 12.9. The molecule has 12 nitrogen and oxygen atoms in total. The zero-order chi connectivity index (χ0) is 22.6. The van der Waals surface area contributed by atoms with Crippen LogP contribution in [0.3, 0.4) is 0 Å². The molecule has 2 aromatic rings. The van der Waals surface area contributed by atoms with Crippen LogP contribution < -0.4 is 5.43 Å². The van der Waals surface area contributed by atoms with Gasteiger partial charge in [0.2, 0.25) is 0 Å². The van der Waals surface area contributed by atoms with Gasteiger partial charge in [0.25, 0.3) is 17.3 Å². The number of amides is 1. The molecule has 1 saturated carbocycles. The third-order valence-corrected chi connectivity index (χ3v) is 6.62. The number of fused-ring (bicyclic) bond motifs is 4. The lowest BCUT2D eigenvalue weighted by atomic mass is 10.1. The minimum Gasteiger partial charge on any atom is -0.344 e. The molecule has 5 atom stereocenters. The molecule has 32 heavy (non-hydrogen) atoms. The molecule has 3 aliphatic rings. The highest BCUT2D eigenvalue weighted by molar-refractivity contribution is 7.12. The fraction of sp³-hybridized carbons (Fsp3) is 0.316. The number of nitrogens with one attached hydrogen (secondary N) is 1. The van der Waals surface area contributed by atoms with Crippen molar-refractivity contribution in [3.05, 3.63) is 66.4 Å².